The molecular weight excluding hydrogens is 230 g/mol. The molecule has 1 aliphatic rings. The number of carbonyl (C=O) groups is 2. The molecule has 6 heteroatoms. The lowest BCUT2D eigenvalue weighted by atomic mass is 10.0. The maximum Gasteiger partial charge on any atom is 0.336 e. The minimum atomic E-state index is -1.29. The normalized spacial score (nSPS) is 26.2. The summed E-state index contributed by atoms with van der Waals surface area (Å²) in [5, 5.41) is 11.9. The van der Waals surface area contributed by atoms with Gasteiger partial charge in [-0.2, -0.15) is 0 Å². The number of rotatable bonds is 4. The molecule has 0 aromatic rings. The van der Waals surface area contributed by atoms with Crippen molar-refractivity contribution in [2.45, 2.75) is 30.6 Å². The van der Waals surface area contributed by atoms with Crippen molar-refractivity contribution in [3.05, 3.63) is 0 Å². The zero-order valence-corrected chi connectivity index (χ0v) is 10.3. The molecule has 0 spiro atoms. The Morgan fingerprint density at radius 1 is 1.62 bits per heavy atom. The Bertz CT molecular complexity index is 276. The molecule has 0 radical (unpaired) electrons. The summed E-state index contributed by atoms with van der Waals surface area (Å²) in [6.45, 7) is 1.78. The van der Waals surface area contributed by atoms with Crippen LogP contribution in [0.3, 0.4) is 0 Å². The highest BCUT2D eigenvalue weighted by Crippen LogP contribution is 2.37. The lowest BCUT2D eigenvalue weighted by molar-refractivity contribution is -0.150. The third-order valence-electron chi connectivity index (χ3n) is 2.63. The number of hydrogen-bond donors (Lipinski definition) is 2. The van der Waals surface area contributed by atoms with Gasteiger partial charge in [0, 0.05) is 0 Å². The van der Waals surface area contributed by atoms with Crippen LogP contribution >= 0.6 is 11.8 Å². The fourth-order valence-corrected chi connectivity index (χ4v) is 2.79. The lowest BCUT2D eigenvalue weighted by Gasteiger charge is -2.22. The molecule has 0 aromatic heterocycles. The van der Waals surface area contributed by atoms with Crippen LogP contribution in [0.15, 0.2) is 0 Å². The minimum Gasteiger partial charge on any atom is -0.467 e. The van der Waals surface area contributed by atoms with Gasteiger partial charge in [0.1, 0.15) is 0 Å². The predicted molar refractivity (Wildman–Crippen MR) is 61.1 cm³/mol. The Morgan fingerprint density at radius 3 is 2.81 bits per heavy atom. The van der Waals surface area contributed by atoms with Crippen LogP contribution in [0.25, 0.3) is 0 Å². The van der Waals surface area contributed by atoms with Crippen LogP contribution in [-0.2, 0) is 14.3 Å². The highest BCUT2D eigenvalue weighted by Gasteiger charge is 2.37. The number of aliphatic hydroxyl groups excluding tert-OH is 1. The van der Waals surface area contributed by atoms with E-state index >= 15 is 0 Å². The molecule has 0 bridgehead atoms. The molecule has 1 amide bonds. The van der Waals surface area contributed by atoms with Crippen LogP contribution in [0.1, 0.15) is 19.8 Å². The monoisotopic (exact) mass is 247 g/mol. The molecule has 1 fully saturated rings. The van der Waals surface area contributed by atoms with Crippen LogP contribution in [0.5, 0.6) is 0 Å². The third-order valence-corrected chi connectivity index (χ3v) is 4.15. The molecule has 5 nitrogen and oxygen atoms in total. The Kier molecular flexibility index (Phi) is 4.61. The van der Waals surface area contributed by atoms with E-state index in [-0.39, 0.29) is 12.5 Å². The Morgan fingerprint density at radius 2 is 2.31 bits per heavy atom. The van der Waals surface area contributed by atoms with Crippen molar-refractivity contribution in [2.24, 2.45) is 0 Å². The van der Waals surface area contributed by atoms with Crippen LogP contribution in [0.2, 0.25) is 0 Å². The molecule has 2 atom stereocenters. The second kappa shape index (κ2) is 5.54. The van der Waals surface area contributed by atoms with Crippen LogP contribution < -0.4 is 5.32 Å². The van der Waals surface area contributed by atoms with E-state index in [0.717, 1.165) is 18.6 Å². The second-order valence-corrected chi connectivity index (χ2v) is 5.53. The van der Waals surface area contributed by atoms with Gasteiger partial charge in [-0.15, -0.1) is 11.8 Å². The Hall–Kier alpha value is -0.750. The first-order valence-electron chi connectivity index (χ1n) is 5.18. The number of aliphatic hydroxyl groups is 1. The quantitative estimate of drug-likeness (QED) is 0.680. The van der Waals surface area contributed by atoms with Gasteiger partial charge in [-0.05, 0) is 25.5 Å². The van der Waals surface area contributed by atoms with Gasteiger partial charge < -0.3 is 15.2 Å². The van der Waals surface area contributed by atoms with E-state index in [4.69, 9.17) is 0 Å². The van der Waals surface area contributed by atoms with Crippen molar-refractivity contribution < 1.29 is 19.4 Å². The number of esters is 1. The summed E-state index contributed by atoms with van der Waals surface area (Å²) in [4.78, 5) is 22.7. The smallest absolute Gasteiger partial charge is 0.336 e. The third kappa shape index (κ3) is 3.12. The molecular formula is C10H17NO4S. The standard InChI is InChI=1S/C10H17NO4S/c1-10(4-3-5-16-10)9(14)11-6-7(12)8(13)15-2/h7,12H,3-6H2,1-2H3,(H,11,14). The van der Waals surface area contributed by atoms with E-state index in [2.05, 4.69) is 10.1 Å². The van der Waals surface area contributed by atoms with Crippen molar-refractivity contribution >= 4 is 23.6 Å². The maximum atomic E-state index is 11.8. The first-order valence-corrected chi connectivity index (χ1v) is 6.16. The molecule has 2 unspecified atom stereocenters. The highest BCUT2D eigenvalue weighted by atomic mass is 32.2. The van der Waals surface area contributed by atoms with E-state index in [1.54, 1.807) is 11.8 Å². The summed E-state index contributed by atoms with van der Waals surface area (Å²) in [5.74, 6) is 0.117. The van der Waals surface area contributed by atoms with E-state index in [0.29, 0.717) is 0 Å². The topological polar surface area (TPSA) is 75.6 Å². The zero-order valence-electron chi connectivity index (χ0n) is 9.49. The Balaban J connectivity index is 2.37. The van der Waals surface area contributed by atoms with Gasteiger partial charge in [0.25, 0.3) is 0 Å². The number of hydrogen-bond acceptors (Lipinski definition) is 5. The van der Waals surface area contributed by atoms with E-state index in [9.17, 15) is 14.7 Å². The highest BCUT2D eigenvalue weighted by molar-refractivity contribution is 8.01. The molecule has 1 rings (SSSR count). The molecule has 1 aliphatic heterocycles. The number of nitrogens with one attached hydrogen (secondary N) is 1. The van der Waals surface area contributed by atoms with Gasteiger partial charge in [-0.25, -0.2) is 4.79 Å². The average molecular weight is 247 g/mol. The van der Waals surface area contributed by atoms with Crippen molar-refractivity contribution in [1.82, 2.24) is 5.32 Å². The summed E-state index contributed by atoms with van der Waals surface area (Å²) in [6, 6.07) is 0. The van der Waals surface area contributed by atoms with Gasteiger partial charge in [0.05, 0.1) is 18.4 Å². The fourth-order valence-electron chi connectivity index (χ4n) is 1.55. The summed E-state index contributed by atoms with van der Waals surface area (Å²) < 4.78 is 3.93. The van der Waals surface area contributed by atoms with Crippen molar-refractivity contribution in [2.75, 3.05) is 19.4 Å². The van der Waals surface area contributed by atoms with E-state index in [1.165, 1.54) is 7.11 Å². The van der Waals surface area contributed by atoms with Gasteiger partial charge in [-0.1, -0.05) is 0 Å². The molecule has 0 saturated carbocycles. The lowest BCUT2D eigenvalue weighted by Crippen LogP contribution is -2.45. The molecule has 2 N–H and O–H groups in total. The molecule has 92 valence electrons. The number of ether oxygens (including phenoxy) is 1. The van der Waals surface area contributed by atoms with Gasteiger partial charge in [0.15, 0.2) is 6.10 Å². The van der Waals surface area contributed by atoms with E-state index < -0.39 is 16.8 Å². The number of thioether (sulfide) groups is 1. The van der Waals surface area contributed by atoms with Crippen LogP contribution in [0, 0.1) is 0 Å². The second-order valence-electron chi connectivity index (χ2n) is 3.93. The van der Waals surface area contributed by atoms with Gasteiger partial charge in [0.2, 0.25) is 5.91 Å². The maximum absolute atomic E-state index is 11.8. The largest absolute Gasteiger partial charge is 0.467 e. The molecule has 16 heavy (non-hydrogen) atoms. The fraction of sp³-hybridized carbons (Fsp3) is 0.800. The molecule has 1 saturated heterocycles. The van der Waals surface area contributed by atoms with E-state index in [1.807, 2.05) is 6.92 Å². The number of methoxy groups -OCH3 is 1. The predicted octanol–water partition coefficient (Wildman–Crippen LogP) is -0.0778. The number of amides is 1. The van der Waals surface area contributed by atoms with Gasteiger partial charge in [-0.3, -0.25) is 4.79 Å². The summed E-state index contributed by atoms with van der Waals surface area (Å²) in [5.41, 5.74) is 0. The SMILES string of the molecule is COC(=O)C(O)CNC(=O)C1(C)CCCS1. The summed E-state index contributed by atoms with van der Waals surface area (Å²) in [7, 11) is 1.20. The van der Waals surface area contributed by atoms with Crippen molar-refractivity contribution in [3.8, 4) is 0 Å². The first-order chi connectivity index (χ1) is 7.49. The van der Waals surface area contributed by atoms with Gasteiger partial charge >= 0.3 is 5.97 Å². The van der Waals surface area contributed by atoms with Crippen molar-refractivity contribution in [3.63, 3.8) is 0 Å². The van der Waals surface area contributed by atoms with Crippen molar-refractivity contribution in [1.29, 1.82) is 0 Å². The zero-order chi connectivity index (χ0) is 12.2. The summed E-state index contributed by atoms with van der Waals surface area (Å²) in [6.07, 6.45) is 0.565. The minimum absolute atomic E-state index is 0.0956. The van der Waals surface area contributed by atoms with Crippen LogP contribution in [-0.4, -0.2) is 47.2 Å². The summed E-state index contributed by atoms with van der Waals surface area (Å²) >= 11 is 1.61. The number of carbonyl (C=O) groups excluding carboxylic acids is 2. The molecule has 0 aliphatic carbocycles. The Labute approximate surface area is 98.9 Å². The average Bonchev–Trinajstić information content (AvgIpc) is 2.72. The first kappa shape index (κ1) is 13.3. The molecule has 1 heterocycles. The van der Waals surface area contributed by atoms with Crippen LogP contribution in [0.4, 0.5) is 0 Å². The molecule has 0 aromatic carbocycles.